The van der Waals surface area contributed by atoms with Crippen LogP contribution in [0.5, 0.6) is 0 Å². The van der Waals surface area contributed by atoms with Gasteiger partial charge in [0.15, 0.2) is 0 Å². The van der Waals surface area contributed by atoms with Gasteiger partial charge >= 0.3 is 5.97 Å². The summed E-state index contributed by atoms with van der Waals surface area (Å²) in [5.41, 5.74) is 0.408. The van der Waals surface area contributed by atoms with E-state index in [1.165, 1.54) is 12.1 Å². The number of amides is 1. The fraction of sp³-hybridized carbons (Fsp3) is 0.231. The first-order chi connectivity index (χ1) is 9.10. The summed E-state index contributed by atoms with van der Waals surface area (Å²) in [5.74, 6) is -1.56. The van der Waals surface area contributed by atoms with Gasteiger partial charge in [0, 0.05) is 0 Å². The van der Waals surface area contributed by atoms with Gasteiger partial charge < -0.3 is 10.0 Å². The first kappa shape index (κ1) is 14.2. The van der Waals surface area contributed by atoms with Gasteiger partial charge in [-0.3, -0.25) is 4.79 Å². The van der Waals surface area contributed by atoms with E-state index in [2.05, 4.69) is 0 Å². The number of carbonyl (C=O) groups excluding carboxylic acids is 1. The highest BCUT2D eigenvalue weighted by atomic mass is 16.4. The molecule has 1 rings (SSSR count). The molecule has 0 heterocycles. The van der Waals surface area contributed by atoms with E-state index in [0.29, 0.717) is 5.56 Å². The third kappa shape index (κ3) is 3.83. The molecule has 0 saturated carbocycles. The van der Waals surface area contributed by atoms with Crippen molar-refractivity contribution in [3.8, 4) is 12.1 Å². The zero-order chi connectivity index (χ0) is 14.3. The van der Waals surface area contributed by atoms with Gasteiger partial charge in [-0.25, -0.2) is 4.79 Å². The highest BCUT2D eigenvalue weighted by Gasteiger charge is 2.17. The highest BCUT2D eigenvalue weighted by molar-refractivity contribution is 5.91. The zero-order valence-electron chi connectivity index (χ0n) is 10.0. The summed E-state index contributed by atoms with van der Waals surface area (Å²) in [5, 5.41) is 26.1. The topological polar surface area (TPSA) is 105 Å². The molecule has 0 spiro atoms. The fourth-order valence-corrected chi connectivity index (χ4v) is 1.56. The first-order valence-corrected chi connectivity index (χ1v) is 5.43. The number of carboxylic acid groups (broad SMARTS) is 1. The van der Waals surface area contributed by atoms with E-state index in [0.717, 1.165) is 4.90 Å². The molecule has 96 valence electrons. The molecule has 0 saturated heterocycles. The van der Waals surface area contributed by atoms with Gasteiger partial charge in [0.05, 0.1) is 24.1 Å². The molecule has 6 heteroatoms. The first-order valence-electron chi connectivity index (χ1n) is 5.43. The Morgan fingerprint density at radius 3 is 2.26 bits per heavy atom. The second kappa shape index (κ2) is 6.77. The number of nitriles is 2. The van der Waals surface area contributed by atoms with E-state index < -0.39 is 11.9 Å². The minimum atomic E-state index is -1.12. The quantitative estimate of drug-likeness (QED) is 0.785. The zero-order valence-corrected chi connectivity index (χ0v) is 10.0. The number of nitrogens with zero attached hydrogens (tertiary/aromatic N) is 3. The lowest BCUT2D eigenvalue weighted by Gasteiger charge is -2.16. The van der Waals surface area contributed by atoms with E-state index >= 15 is 0 Å². The molecule has 0 fully saturated rings. The maximum Gasteiger partial charge on any atom is 0.335 e. The average Bonchev–Trinajstić information content (AvgIpc) is 2.38. The van der Waals surface area contributed by atoms with E-state index in [4.69, 9.17) is 15.6 Å². The van der Waals surface area contributed by atoms with Crippen molar-refractivity contribution in [3.63, 3.8) is 0 Å². The molecule has 1 aromatic rings. The third-order valence-electron chi connectivity index (χ3n) is 2.47. The lowest BCUT2D eigenvalue weighted by atomic mass is 10.0. The minimum absolute atomic E-state index is 0.0460. The van der Waals surface area contributed by atoms with Crippen molar-refractivity contribution in [1.29, 1.82) is 10.5 Å². The van der Waals surface area contributed by atoms with Crippen molar-refractivity contribution in [3.05, 3.63) is 35.4 Å². The third-order valence-corrected chi connectivity index (χ3v) is 2.47. The number of rotatable bonds is 5. The SMILES string of the molecule is N#CCN(CC#N)C(=O)Cc1ccccc1C(=O)O. The molecule has 0 radical (unpaired) electrons. The Kier molecular flexibility index (Phi) is 5.06. The predicted molar refractivity (Wildman–Crippen MR) is 64.9 cm³/mol. The van der Waals surface area contributed by atoms with Crippen molar-refractivity contribution in [2.24, 2.45) is 0 Å². The summed E-state index contributed by atoms with van der Waals surface area (Å²) in [6.45, 7) is -0.386. The number of carbonyl (C=O) groups is 2. The van der Waals surface area contributed by atoms with Crippen molar-refractivity contribution < 1.29 is 14.7 Å². The van der Waals surface area contributed by atoms with Gasteiger partial charge in [0.2, 0.25) is 5.91 Å². The Morgan fingerprint density at radius 2 is 1.74 bits per heavy atom. The Morgan fingerprint density at radius 1 is 1.16 bits per heavy atom. The molecular weight excluding hydrogens is 246 g/mol. The van der Waals surface area contributed by atoms with Crippen LogP contribution in [-0.4, -0.2) is 35.0 Å². The van der Waals surface area contributed by atoms with E-state index in [-0.39, 0.29) is 25.1 Å². The van der Waals surface area contributed by atoms with Gasteiger partial charge in [0.25, 0.3) is 0 Å². The number of hydrogen-bond acceptors (Lipinski definition) is 4. The second-order valence-electron chi connectivity index (χ2n) is 3.71. The smallest absolute Gasteiger partial charge is 0.335 e. The van der Waals surface area contributed by atoms with Gasteiger partial charge in [0.1, 0.15) is 13.1 Å². The molecule has 0 aliphatic rings. The largest absolute Gasteiger partial charge is 0.478 e. The van der Waals surface area contributed by atoms with Gasteiger partial charge in [-0.1, -0.05) is 18.2 Å². The van der Waals surface area contributed by atoms with E-state index in [9.17, 15) is 9.59 Å². The van der Waals surface area contributed by atoms with E-state index in [1.54, 1.807) is 24.3 Å². The molecule has 0 aliphatic carbocycles. The van der Waals surface area contributed by atoms with Crippen LogP contribution in [0.25, 0.3) is 0 Å². The van der Waals surface area contributed by atoms with Crippen LogP contribution in [0.15, 0.2) is 24.3 Å². The number of hydrogen-bond donors (Lipinski definition) is 1. The lowest BCUT2D eigenvalue weighted by Crippen LogP contribution is -2.33. The lowest BCUT2D eigenvalue weighted by molar-refractivity contribution is -0.129. The molecule has 0 atom stereocenters. The van der Waals surface area contributed by atoms with Crippen LogP contribution < -0.4 is 0 Å². The summed E-state index contributed by atoms with van der Waals surface area (Å²) in [7, 11) is 0. The predicted octanol–water partition coefficient (Wildman–Crippen LogP) is 0.803. The number of aromatic carboxylic acids is 1. The molecule has 1 amide bonds. The number of carboxylic acids is 1. The second-order valence-corrected chi connectivity index (χ2v) is 3.71. The fourth-order valence-electron chi connectivity index (χ4n) is 1.56. The minimum Gasteiger partial charge on any atom is -0.478 e. The highest BCUT2D eigenvalue weighted by Crippen LogP contribution is 2.11. The maximum absolute atomic E-state index is 11.9. The molecule has 6 nitrogen and oxygen atoms in total. The van der Waals surface area contributed by atoms with Crippen LogP contribution in [0.1, 0.15) is 15.9 Å². The van der Waals surface area contributed by atoms with Crippen LogP contribution in [-0.2, 0) is 11.2 Å². The summed E-state index contributed by atoms with van der Waals surface area (Å²) < 4.78 is 0. The molecule has 19 heavy (non-hydrogen) atoms. The Hall–Kier alpha value is -2.86. The molecule has 0 bridgehead atoms. The molecule has 1 aromatic carbocycles. The number of benzene rings is 1. The Balaban J connectivity index is 2.90. The molecule has 0 aromatic heterocycles. The van der Waals surface area contributed by atoms with Gasteiger partial charge in [-0.15, -0.1) is 0 Å². The van der Waals surface area contributed by atoms with Crippen LogP contribution >= 0.6 is 0 Å². The summed E-state index contributed by atoms with van der Waals surface area (Å²) in [6, 6.07) is 9.74. The molecular formula is C13H11N3O3. The monoisotopic (exact) mass is 257 g/mol. The summed E-state index contributed by atoms with van der Waals surface area (Å²) >= 11 is 0. The Labute approximate surface area is 110 Å². The summed E-state index contributed by atoms with van der Waals surface area (Å²) in [6.07, 6.45) is -0.147. The van der Waals surface area contributed by atoms with Gasteiger partial charge in [-0.2, -0.15) is 10.5 Å². The van der Waals surface area contributed by atoms with Gasteiger partial charge in [-0.05, 0) is 11.6 Å². The Bertz CT molecular complexity index is 553. The van der Waals surface area contributed by atoms with Crippen LogP contribution in [0.4, 0.5) is 0 Å². The van der Waals surface area contributed by atoms with Crippen molar-refractivity contribution in [2.45, 2.75) is 6.42 Å². The standard InChI is InChI=1S/C13H11N3O3/c14-5-7-16(8-6-15)12(17)9-10-3-1-2-4-11(10)13(18)19/h1-4H,7-9H2,(H,18,19). The average molecular weight is 257 g/mol. The van der Waals surface area contributed by atoms with Crippen molar-refractivity contribution in [2.75, 3.05) is 13.1 Å². The maximum atomic E-state index is 11.9. The molecule has 0 unspecified atom stereocenters. The molecule has 0 aliphatic heterocycles. The normalized spacial score (nSPS) is 9.16. The van der Waals surface area contributed by atoms with Crippen LogP contribution in [0, 0.1) is 22.7 Å². The van der Waals surface area contributed by atoms with Crippen molar-refractivity contribution in [1.82, 2.24) is 4.90 Å². The van der Waals surface area contributed by atoms with E-state index in [1.807, 2.05) is 0 Å². The van der Waals surface area contributed by atoms with Crippen LogP contribution in [0.3, 0.4) is 0 Å². The van der Waals surface area contributed by atoms with Crippen molar-refractivity contribution >= 4 is 11.9 Å². The van der Waals surface area contributed by atoms with Crippen LogP contribution in [0.2, 0.25) is 0 Å². The summed E-state index contributed by atoms with van der Waals surface area (Å²) in [4.78, 5) is 24.0. The molecule has 1 N–H and O–H groups in total.